The Bertz CT molecular complexity index is 686. The minimum Gasteiger partial charge on any atom is -0.383 e. The fraction of sp³-hybridized carbons (Fsp3) is 0.538. The summed E-state index contributed by atoms with van der Waals surface area (Å²) >= 11 is 0. The third-order valence-corrected chi connectivity index (χ3v) is 4.78. The van der Waals surface area contributed by atoms with Crippen LogP contribution in [0.4, 0.5) is 11.4 Å². The molecule has 23 heavy (non-hydrogen) atoms. The van der Waals surface area contributed by atoms with Crippen LogP contribution in [-0.2, 0) is 14.8 Å². The van der Waals surface area contributed by atoms with Crippen molar-refractivity contribution in [1.82, 2.24) is 5.32 Å². The first kappa shape index (κ1) is 17.6. The van der Waals surface area contributed by atoms with E-state index in [1.54, 1.807) is 7.11 Å². The number of methoxy groups -OCH3 is 1. The standard InChI is InChI=1S/C13H20N4O5S/c1-22-9-13(5-2-6-16-13)8-15-11-4-3-10(23(14,20)21)7-12(11)17(18)19/h3-4,7,15-16H,2,5-6,8-9H2,1H3,(H2,14,20,21). The molecule has 1 unspecified atom stereocenters. The number of nitrogens with two attached hydrogens (primary N) is 1. The highest BCUT2D eigenvalue weighted by Crippen LogP contribution is 2.29. The highest BCUT2D eigenvalue weighted by molar-refractivity contribution is 7.89. The van der Waals surface area contributed by atoms with Crippen molar-refractivity contribution in [1.29, 1.82) is 0 Å². The average molecular weight is 344 g/mol. The van der Waals surface area contributed by atoms with Gasteiger partial charge >= 0.3 is 0 Å². The maximum absolute atomic E-state index is 11.3. The Kier molecular flexibility index (Phi) is 5.19. The molecule has 0 spiro atoms. The molecule has 0 aliphatic carbocycles. The number of nitrogens with zero attached hydrogens (tertiary/aromatic N) is 1. The second-order valence-corrected chi connectivity index (χ2v) is 7.14. The largest absolute Gasteiger partial charge is 0.383 e. The molecule has 0 radical (unpaired) electrons. The number of nitro benzene ring substituents is 1. The van der Waals surface area contributed by atoms with E-state index in [0.717, 1.165) is 25.5 Å². The number of sulfonamides is 1. The van der Waals surface area contributed by atoms with Gasteiger partial charge in [0.2, 0.25) is 10.0 Å². The fourth-order valence-electron chi connectivity index (χ4n) is 2.72. The van der Waals surface area contributed by atoms with Gasteiger partial charge in [0, 0.05) is 19.7 Å². The lowest BCUT2D eigenvalue weighted by Crippen LogP contribution is -2.49. The lowest BCUT2D eigenvalue weighted by molar-refractivity contribution is -0.384. The van der Waals surface area contributed by atoms with Crippen molar-refractivity contribution in [2.24, 2.45) is 5.14 Å². The molecule has 0 bridgehead atoms. The van der Waals surface area contributed by atoms with E-state index in [4.69, 9.17) is 9.88 Å². The minimum atomic E-state index is -3.99. The number of hydrogen-bond acceptors (Lipinski definition) is 7. The van der Waals surface area contributed by atoms with E-state index in [-0.39, 0.29) is 21.8 Å². The van der Waals surface area contributed by atoms with Crippen LogP contribution in [-0.4, -0.2) is 45.7 Å². The molecule has 1 aromatic rings. The first-order valence-corrected chi connectivity index (χ1v) is 8.61. The van der Waals surface area contributed by atoms with Gasteiger partial charge in [0.1, 0.15) is 5.69 Å². The van der Waals surface area contributed by atoms with Crippen molar-refractivity contribution in [3.8, 4) is 0 Å². The Labute approximate surface area is 134 Å². The molecule has 1 aliphatic rings. The Balaban J connectivity index is 2.24. The van der Waals surface area contributed by atoms with E-state index in [0.29, 0.717) is 13.2 Å². The summed E-state index contributed by atoms with van der Waals surface area (Å²) in [5.74, 6) is 0. The monoisotopic (exact) mass is 344 g/mol. The van der Waals surface area contributed by atoms with Crippen molar-refractivity contribution in [2.45, 2.75) is 23.3 Å². The molecule has 1 saturated heterocycles. The number of hydrogen-bond donors (Lipinski definition) is 3. The van der Waals surface area contributed by atoms with Crippen LogP contribution in [0.15, 0.2) is 23.1 Å². The Morgan fingerprint density at radius 1 is 1.52 bits per heavy atom. The van der Waals surface area contributed by atoms with Crippen LogP contribution in [0.1, 0.15) is 12.8 Å². The van der Waals surface area contributed by atoms with E-state index in [2.05, 4.69) is 10.6 Å². The zero-order chi connectivity index (χ0) is 17.1. The topological polar surface area (TPSA) is 137 Å². The molecular weight excluding hydrogens is 324 g/mol. The van der Waals surface area contributed by atoms with E-state index >= 15 is 0 Å². The van der Waals surface area contributed by atoms with Gasteiger partial charge in [0.25, 0.3) is 5.69 Å². The van der Waals surface area contributed by atoms with Crippen LogP contribution < -0.4 is 15.8 Å². The smallest absolute Gasteiger partial charge is 0.293 e. The number of primary sulfonamides is 1. The highest BCUT2D eigenvalue weighted by atomic mass is 32.2. The van der Waals surface area contributed by atoms with Crippen LogP contribution in [0, 0.1) is 10.1 Å². The van der Waals surface area contributed by atoms with Gasteiger partial charge in [-0.3, -0.25) is 10.1 Å². The quantitative estimate of drug-likeness (QED) is 0.481. The zero-order valence-corrected chi connectivity index (χ0v) is 13.6. The van der Waals surface area contributed by atoms with Crippen LogP contribution >= 0.6 is 0 Å². The molecular formula is C13H20N4O5S. The summed E-state index contributed by atoms with van der Waals surface area (Å²) < 4.78 is 27.9. The molecule has 1 fully saturated rings. The first-order chi connectivity index (χ1) is 10.8. The van der Waals surface area contributed by atoms with Gasteiger partial charge in [-0.1, -0.05) is 0 Å². The summed E-state index contributed by atoms with van der Waals surface area (Å²) in [6.45, 7) is 1.76. The molecule has 1 aliphatic heterocycles. The van der Waals surface area contributed by atoms with Crippen molar-refractivity contribution in [2.75, 3.05) is 32.1 Å². The molecule has 0 aromatic heterocycles. The van der Waals surface area contributed by atoms with E-state index < -0.39 is 14.9 Å². The number of benzene rings is 1. The SMILES string of the molecule is COCC1(CNc2ccc(S(N)(=O)=O)cc2[N+](=O)[O-])CCCN1. The van der Waals surface area contributed by atoms with Gasteiger partial charge in [-0.15, -0.1) is 0 Å². The van der Waals surface area contributed by atoms with Crippen LogP contribution in [0.3, 0.4) is 0 Å². The lowest BCUT2D eigenvalue weighted by atomic mass is 9.98. The zero-order valence-electron chi connectivity index (χ0n) is 12.7. The van der Waals surface area contributed by atoms with E-state index in [1.165, 1.54) is 12.1 Å². The third kappa shape index (κ3) is 4.16. The number of nitrogens with one attached hydrogen (secondary N) is 2. The molecule has 10 heteroatoms. The molecule has 4 N–H and O–H groups in total. The van der Waals surface area contributed by atoms with Crippen molar-refractivity contribution in [3.05, 3.63) is 28.3 Å². The number of ether oxygens (including phenoxy) is 1. The molecule has 9 nitrogen and oxygen atoms in total. The predicted octanol–water partition coefficient (Wildman–Crippen LogP) is 0.423. The summed E-state index contributed by atoms with van der Waals surface area (Å²) in [5.41, 5.74) is -0.380. The summed E-state index contributed by atoms with van der Waals surface area (Å²) in [7, 11) is -2.39. The summed E-state index contributed by atoms with van der Waals surface area (Å²) in [6, 6.07) is 3.56. The Hall–Kier alpha value is -1.75. The van der Waals surface area contributed by atoms with Crippen molar-refractivity contribution < 1.29 is 18.1 Å². The second-order valence-electron chi connectivity index (χ2n) is 5.58. The van der Waals surface area contributed by atoms with Gasteiger partial charge in [0.05, 0.1) is 22.0 Å². The summed E-state index contributed by atoms with van der Waals surface area (Å²) in [4.78, 5) is 10.3. The summed E-state index contributed by atoms with van der Waals surface area (Å²) in [6.07, 6.45) is 1.88. The van der Waals surface area contributed by atoms with Crippen LogP contribution in [0.25, 0.3) is 0 Å². The summed E-state index contributed by atoms with van der Waals surface area (Å²) in [5, 5.41) is 22.6. The third-order valence-electron chi connectivity index (χ3n) is 3.86. The van der Waals surface area contributed by atoms with Crippen molar-refractivity contribution >= 4 is 21.4 Å². The van der Waals surface area contributed by atoms with Crippen LogP contribution in [0.2, 0.25) is 0 Å². The predicted molar refractivity (Wildman–Crippen MR) is 84.8 cm³/mol. The van der Waals surface area contributed by atoms with Gasteiger partial charge in [-0.05, 0) is 31.5 Å². The Morgan fingerprint density at radius 2 is 2.26 bits per heavy atom. The van der Waals surface area contributed by atoms with Gasteiger partial charge in [-0.2, -0.15) is 0 Å². The van der Waals surface area contributed by atoms with E-state index in [9.17, 15) is 18.5 Å². The highest BCUT2D eigenvalue weighted by Gasteiger charge is 2.34. The molecule has 2 rings (SSSR count). The Morgan fingerprint density at radius 3 is 2.78 bits per heavy atom. The molecule has 1 aromatic carbocycles. The first-order valence-electron chi connectivity index (χ1n) is 7.06. The lowest BCUT2D eigenvalue weighted by Gasteiger charge is -2.29. The maximum atomic E-state index is 11.3. The van der Waals surface area contributed by atoms with Crippen molar-refractivity contribution in [3.63, 3.8) is 0 Å². The minimum absolute atomic E-state index is 0.242. The average Bonchev–Trinajstić information content (AvgIpc) is 2.93. The van der Waals surface area contributed by atoms with Gasteiger partial charge in [-0.25, -0.2) is 13.6 Å². The fourth-order valence-corrected chi connectivity index (χ4v) is 3.26. The van der Waals surface area contributed by atoms with Gasteiger partial charge < -0.3 is 15.4 Å². The molecule has 1 atom stereocenters. The second kappa shape index (κ2) is 6.79. The molecule has 0 amide bonds. The number of nitro groups is 1. The van der Waals surface area contributed by atoms with E-state index in [1.807, 2.05) is 0 Å². The maximum Gasteiger partial charge on any atom is 0.293 e. The molecule has 128 valence electrons. The number of anilines is 1. The normalized spacial score (nSPS) is 21.3. The number of rotatable bonds is 7. The van der Waals surface area contributed by atoms with Gasteiger partial charge in [0.15, 0.2) is 0 Å². The molecule has 1 heterocycles. The molecule has 0 saturated carbocycles. The van der Waals surface area contributed by atoms with Crippen LogP contribution in [0.5, 0.6) is 0 Å².